The predicted molar refractivity (Wildman–Crippen MR) is 60.1 cm³/mol. The Labute approximate surface area is 101 Å². The van der Waals surface area contributed by atoms with Crippen molar-refractivity contribution in [2.24, 2.45) is 0 Å². The number of halogens is 1. The molecule has 0 amide bonds. The Bertz CT molecular complexity index is 636. The van der Waals surface area contributed by atoms with E-state index < -0.39 is 11.8 Å². The molecule has 1 aliphatic rings. The zero-order valence-corrected chi connectivity index (χ0v) is 9.24. The second kappa shape index (κ2) is 3.83. The molecule has 2 heterocycles. The third-order valence-electron chi connectivity index (χ3n) is 2.87. The molecule has 2 aromatic rings. The predicted octanol–water partition coefficient (Wildman–Crippen LogP) is 1.85. The summed E-state index contributed by atoms with van der Waals surface area (Å²) in [6.45, 7) is 0.502. The molecule has 0 bridgehead atoms. The Hall–Kier alpha value is -2.37. The van der Waals surface area contributed by atoms with E-state index >= 15 is 0 Å². The molecule has 5 nitrogen and oxygen atoms in total. The molecular formula is C12H9FN2O3. The summed E-state index contributed by atoms with van der Waals surface area (Å²) in [7, 11) is 0. The van der Waals surface area contributed by atoms with E-state index in [4.69, 9.17) is 9.84 Å². The fraction of sp³-hybridized carbons (Fsp3) is 0.167. The van der Waals surface area contributed by atoms with Gasteiger partial charge in [-0.2, -0.15) is 5.10 Å². The quantitative estimate of drug-likeness (QED) is 0.850. The number of aromatic amines is 1. The van der Waals surface area contributed by atoms with Crippen LogP contribution in [0.5, 0.6) is 5.75 Å². The molecule has 92 valence electrons. The van der Waals surface area contributed by atoms with Crippen molar-refractivity contribution in [3.8, 4) is 17.0 Å². The summed E-state index contributed by atoms with van der Waals surface area (Å²) < 4.78 is 19.3. The van der Waals surface area contributed by atoms with E-state index in [0.717, 1.165) is 12.0 Å². The van der Waals surface area contributed by atoms with E-state index in [0.29, 0.717) is 12.4 Å². The maximum absolute atomic E-state index is 13.9. The summed E-state index contributed by atoms with van der Waals surface area (Å²) in [5.41, 5.74) is 1.28. The third kappa shape index (κ3) is 1.54. The van der Waals surface area contributed by atoms with Crippen molar-refractivity contribution in [3.05, 3.63) is 35.3 Å². The minimum absolute atomic E-state index is 0.0833. The van der Waals surface area contributed by atoms with E-state index in [1.165, 1.54) is 12.1 Å². The molecule has 18 heavy (non-hydrogen) atoms. The summed E-state index contributed by atoms with van der Waals surface area (Å²) in [6.07, 6.45) is 0.721. The summed E-state index contributed by atoms with van der Waals surface area (Å²) in [6, 6.07) is 4.31. The van der Waals surface area contributed by atoms with Crippen LogP contribution in [0.1, 0.15) is 16.1 Å². The number of nitrogens with zero attached hydrogens (tertiary/aromatic N) is 1. The molecule has 1 aromatic carbocycles. The van der Waals surface area contributed by atoms with Crippen LogP contribution >= 0.6 is 0 Å². The average Bonchev–Trinajstić information content (AvgIpc) is 2.95. The molecule has 0 aliphatic carbocycles. The third-order valence-corrected chi connectivity index (χ3v) is 2.87. The van der Waals surface area contributed by atoms with Gasteiger partial charge >= 0.3 is 5.97 Å². The van der Waals surface area contributed by atoms with E-state index in [1.807, 2.05) is 0 Å². The SMILES string of the molecule is O=C(O)c1cc(-c2c(F)ccc3c2OCC3)n[nH]1. The molecule has 0 saturated carbocycles. The lowest BCUT2D eigenvalue weighted by atomic mass is 10.0. The van der Waals surface area contributed by atoms with Gasteiger partial charge in [0.1, 0.15) is 17.3 Å². The summed E-state index contributed by atoms with van der Waals surface area (Å²) in [5, 5.41) is 15.0. The lowest BCUT2D eigenvalue weighted by Crippen LogP contribution is -1.95. The molecule has 0 fully saturated rings. The fourth-order valence-corrected chi connectivity index (χ4v) is 2.02. The maximum atomic E-state index is 13.9. The number of hydrogen-bond acceptors (Lipinski definition) is 3. The van der Waals surface area contributed by atoms with Gasteiger partial charge in [-0.05, 0) is 17.7 Å². The van der Waals surface area contributed by atoms with Gasteiger partial charge in [-0.25, -0.2) is 9.18 Å². The molecule has 0 atom stereocenters. The van der Waals surface area contributed by atoms with Crippen LogP contribution in [0.4, 0.5) is 4.39 Å². The van der Waals surface area contributed by atoms with Crippen molar-refractivity contribution in [1.29, 1.82) is 0 Å². The molecule has 0 unspecified atom stereocenters. The molecule has 0 saturated heterocycles. The van der Waals surface area contributed by atoms with Crippen LogP contribution in [0, 0.1) is 5.82 Å². The monoisotopic (exact) mass is 248 g/mol. The van der Waals surface area contributed by atoms with E-state index in [9.17, 15) is 9.18 Å². The summed E-state index contributed by atoms with van der Waals surface area (Å²) in [4.78, 5) is 10.8. The lowest BCUT2D eigenvalue weighted by molar-refractivity contribution is 0.0690. The van der Waals surface area contributed by atoms with Crippen molar-refractivity contribution < 1.29 is 19.0 Å². The number of carboxylic acids is 1. The number of carbonyl (C=O) groups is 1. The highest BCUT2D eigenvalue weighted by Crippen LogP contribution is 2.38. The Morgan fingerprint density at radius 3 is 3.06 bits per heavy atom. The first-order chi connectivity index (χ1) is 8.66. The van der Waals surface area contributed by atoms with Gasteiger partial charge in [0.05, 0.1) is 17.9 Å². The molecule has 3 rings (SSSR count). The van der Waals surface area contributed by atoms with Crippen molar-refractivity contribution in [2.45, 2.75) is 6.42 Å². The van der Waals surface area contributed by atoms with Crippen LogP contribution in [-0.4, -0.2) is 27.9 Å². The largest absolute Gasteiger partial charge is 0.492 e. The Balaban J connectivity index is 2.16. The van der Waals surface area contributed by atoms with Gasteiger partial charge in [-0.15, -0.1) is 0 Å². The highest BCUT2D eigenvalue weighted by molar-refractivity contribution is 5.87. The molecule has 0 radical (unpaired) electrons. The first-order valence-electron chi connectivity index (χ1n) is 5.40. The number of hydrogen-bond donors (Lipinski definition) is 2. The van der Waals surface area contributed by atoms with Crippen LogP contribution in [-0.2, 0) is 6.42 Å². The molecule has 6 heteroatoms. The molecule has 1 aliphatic heterocycles. The number of carboxylic acid groups (broad SMARTS) is 1. The zero-order chi connectivity index (χ0) is 12.7. The van der Waals surface area contributed by atoms with Crippen molar-refractivity contribution in [1.82, 2.24) is 10.2 Å². The number of rotatable bonds is 2. The first kappa shape index (κ1) is 10.8. The van der Waals surface area contributed by atoms with Gasteiger partial charge in [-0.3, -0.25) is 5.10 Å². The minimum atomic E-state index is -1.14. The van der Waals surface area contributed by atoms with Gasteiger partial charge in [-0.1, -0.05) is 6.07 Å². The number of aromatic carboxylic acids is 1. The van der Waals surface area contributed by atoms with Gasteiger partial charge in [0.2, 0.25) is 0 Å². The van der Waals surface area contributed by atoms with Crippen LogP contribution in [0.3, 0.4) is 0 Å². The number of nitrogens with one attached hydrogen (secondary N) is 1. The van der Waals surface area contributed by atoms with Crippen molar-refractivity contribution in [3.63, 3.8) is 0 Å². The molecule has 0 spiro atoms. The van der Waals surface area contributed by atoms with Crippen LogP contribution in [0.2, 0.25) is 0 Å². The number of benzene rings is 1. The average molecular weight is 248 g/mol. The number of fused-ring (bicyclic) bond motifs is 1. The van der Waals surface area contributed by atoms with Gasteiger partial charge in [0.25, 0.3) is 0 Å². The van der Waals surface area contributed by atoms with Crippen molar-refractivity contribution >= 4 is 5.97 Å². The standard InChI is InChI=1S/C12H9FN2O3/c13-7-2-1-6-3-4-18-11(6)10(7)8-5-9(12(16)17)15-14-8/h1-2,5H,3-4H2,(H,14,15)(H,16,17). The van der Waals surface area contributed by atoms with E-state index in [1.54, 1.807) is 6.07 Å². The summed E-state index contributed by atoms with van der Waals surface area (Å²) in [5.74, 6) is -1.15. The topological polar surface area (TPSA) is 75.2 Å². The maximum Gasteiger partial charge on any atom is 0.353 e. The second-order valence-electron chi connectivity index (χ2n) is 3.98. The highest BCUT2D eigenvalue weighted by atomic mass is 19.1. The number of aromatic nitrogens is 2. The van der Waals surface area contributed by atoms with E-state index in [-0.39, 0.29) is 17.0 Å². The minimum Gasteiger partial charge on any atom is -0.492 e. The second-order valence-corrected chi connectivity index (χ2v) is 3.98. The normalized spacial score (nSPS) is 13.2. The highest BCUT2D eigenvalue weighted by Gasteiger charge is 2.23. The van der Waals surface area contributed by atoms with Crippen LogP contribution in [0.15, 0.2) is 18.2 Å². The van der Waals surface area contributed by atoms with Gasteiger partial charge in [0, 0.05) is 6.42 Å². The molecule has 2 N–H and O–H groups in total. The van der Waals surface area contributed by atoms with Gasteiger partial charge in [0.15, 0.2) is 0 Å². The van der Waals surface area contributed by atoms with Crippen LogP contribution in [0.25, 0.3) is 11.3 Å². The zero-order valence-electron chi connectivity index (χ0n) is 9.24. The Morgan fingerprint density at radius 1 is 1.50 bits per heavy atom. The number of ether oxygens (including phenoxy) is 1. The lowest BCUT2D eigenvalue weighted by Gasteiger charge is -2.06. The molecule has 1 aromatic heterocycles. The fourth-order valence-electron chi connectivity index (χ4n) is 2.02. The smallest absolute Gasteiger partial charge is 0.353 e. The van der Waals surface area contributed by atoms with Gasteiger partial charge < -0.3 is 9.84 Å². The summed E-state index contributed by atoms with van der Waals surface area (Å²) >= 11 is 0. The Kier molecular flexibility index (Phi) is 2.29. The molecular weight excluding hydrogens is 239 g/mol. The first-order valence-corrected chi connectivity index (χ1v) is 5.40. The van der Waals surface area contributed by atoms with Crippen molar-refractivity contribution in [2.75, 3.05) is 6.61 Å². The number of H-pyrrole nitrogens is 1. The van der Waals surface area contributed by atoms with Crippen LogP contribution < -0.4 is 4.74 Å². The Morgan fingerprint density at radius 2 is 2.33 bits per heavy atom. The van der Waals surface area contributed by atoms with E-state index in [2.05, 4.69) is 10.2 Å².